The first-order chi connectivity index (χ1) is 14.4. The van der Waals surface area contributed by atoms with Crippen molar-refractivity contribution < 1.29 is 9.32 Å². The highest BCUT2D eigenvalue weighted by Crippen LogP contribution is 2.27. The van der Waals surface area contributed by atoms with Crippen molar-refractivity contribution in [1.29, 1.82) is 0 Å². The van der Waals surface area contributed by atoms with E-state index in [2.05, 4.69) is 20.4 Å². The summed E-state index contributed by atoms with van der Waals surface area (Å²) >= 11 is 1.20. The lowest BCUT2D eigenvalue weighted by Gasteiger charge is -2.09. The molecule has 9 heteroatoms. The zero-order valence-corrected chi connectivity index (χ0v) is 17.9. The molecule has 0 aliphatic heterocycles. The Morgan fingerprint density at radius 2 is 2.13 bits per heavy atom. The predicted octanol–water partition coefficient (Wildman–Crippen LogP) is 3.64. The molecule has 30 heavy (non-hydrogen) atoms. The van der Waals surface area contributed by atoms with E-state index in [1.807, 2.05) is 38.1 Å². The Hall–Kier alpha value is -3.33. The van der Waals surface area contributed by atoms with Crippen LogP contribution in [0.25, 0.3) is 21.6 Å². The second-order valence-corrected chi connectivity index (χ2v) is 8.09. The zero-order valence-electron chi connectivity index (χ0n) is 17.1. The van der Waals surface area contributed by atoms with Gasteiger partial charge in [0, 0.05) is 12.1 Å². The fourth-order valence-electron chi connectivity index (χ4n) is 3.24. The minimum Gasteiger partial charge on any atom is -0.340 e. The van der Waals surface area contributed by atoms with Crippen LogP contribution in [0.1, 0.15) is 46.6 Å². The molecule has 1 aromatic carbocycles. The number of nitrogens with zero attached hydrogens (tertiary/aromatic N) is 4. The molecule has 4 aromatic rings. The summed E-state index contributed by atoms with van der Waals surface area (Å²) in [7, 11) is 0. The third kappa shape index (κ3) is 3.52. The molecule has 0 saturated heterocycles. The van der Waals surface area contributed by atoms with Gasteiger partial charge in [-0.2, -0.15) is 4.98 Å². The first-order valence-corrected chi connectivity index (χ1v) is 10.4. The summed E-state index contributed by atoms with van der Waals surface area (Å²) in [5.41, 5.74) is 2.44. The van der Waals surface area contributed by atoms with Crippen molar-refractivity contribution in [2.75, 3.05) is 0 Å². The standard InChI is InChI=1S/C21H21N5O3S/c1-5-26-10-22-20-15(21(26)28)12(3)16(30-20)18(27)23-13(4)19-24-17(25-29-19)14-8-6-7-11(2)9-14/h6-10,13H,5H2,1-4H3,(H,23,27)/t13-/m0/s1. The van der Waals surface area contributed by atoms with Gasteiger partial charge in [-0.3, -0.25) is 14.2 Å². The minimum absolute atomic E-state index is 0.136. The van der Waals surface area contributed by atoms with E-state index in [-0.39, 0.29) is 11.5 Å². The van der Waals surface area contributed by atoms with E-state index in [1.165, 1.54) is 22.2 Å². The van der Waals surface area contributed by atoms with Gasteiger partial charge in [-0.05, 0) is 39.3 Å². The van der Waals surface area contributed by atoms with E-state index in [0.29, 0.717) is 38.9 Å². The number of hydrogen-bond donors (Lipinski definition) is 1. The Morgan fingerprint density at radius 3 is 2.87 bits per heavy atom. The highest BCUT2D eigenvalue weighted by Gasteiger charge is 2.23. The van der Waals surface area contributed by atoms with Crippen molar-refractivity contribution in [3.8, 4) is 11.4 Å². The number of rotatable bonds is 5. The molecule has 0 aliphatic carbocycles. The van der Waals surface area contributed by atoms with Crippen LogP contribution in [0.2, 0.25) is 0 Å². The van der Waals surface area contributed by atoms with Crippen LogP contribution in [0.3, 0.4) is 0 Å². The first-order valence-electron chi connectivity index (χ1n) is 9.59. The Kier molecular flexibility index (Phi) is 5.21. The molecule has 1 N–H and O–H groups in total. The number of aromatic nitrogens is 4. The van der Waals surface area contributed by atoms with Crippen molar-refractivity contribution in [3.63, 3.8) is 0 Å². The lowest BCUT2D eigenvalue weighted by atomic mass is 10.1. The molecule has 3 heterocycles. The largest absolute Gasteiger partial charge is 0.340 e. The van der Waals surface area contributed by atoms with Crippen molar-refractivity contribution in [2.24, 2.45) is 0 Å². The van der Waals surface area contributed by atoms with E-state index in [4.69, 9.17) is 4.52 Å². The quantitative estimate of drug-likeness (QED) is 0.526. The van der Waals surface area contributed by atoms with Gasteiger partial charge in [-0.15, -0.1) is 11.3 Å². The van der Waals surface area contributed by atoms with E-state index >= 15 is 0 Å². The molecule has 8 nitrogen and oxygen atoms in total. The predicted molar refractivity (Wildman–Crippen MR) is 115 cm³/mol. The van der Waals surface area contributed by atoms with Crippen LogP contribution in [-0.2, 0) is 6.54 Å². The van der Waals surface area contributed by atoms with Gasteiger partial charge in [0.2, 0.25) is 11.7 Å². The summed E-state index contributed by atoms with van der Waals surface area (Å²) in [6.45, 7) is 7.93. The van der Waals surface area contributed by atoms with Gasteiger partial charge >= 0.3 is 0 Å². The molecule has 3 aromatic heterocycles. The average Bonchev–Trinajstić information content (AvgIpc) is 3.34. The van der Waals surface area contributed by atoms with Crippen LogP contribution in [0, 0.1) is 13.8 Å². The Labute approximate surface area is 176 Å². The summed E-state index contributed by atoms with van der Waals surface area (Å²) in [6.07, 6.45) is 1.51. The highest BCUT2D eigenvalue weighted by molar-refractivity contribution is 7.20. The molecule has 154 valence electrons. The monoisotopic (exact) mass is 423 g/mol. The number of hydrogen-bond acceptors (Lipinski definition) is 7. The van der Waals surface area contributed by atoms with Gasteiger partial charge in [-0.25, -0.2) is 4.98 Å². The van der Waals surface area contributed by atoms with Crippen molar-refractivity contribution in [3.05, 3.63) is 62.8 Å². The SMILES string of the molecule is CCn1cnc2sc(C(=O)N[C@@H](C)c3nc(-c4cccc(C)c4)no3)c(C)c2c1=O. The highest BCUT2D eigenvalue weighted by atomic mass is 32.1. The fraction of sp³-hybridized carbons (Fsp3) is 0.286. The average molecular weight is 423 g/mol. The van der Waals surface area contributed by atoms with Crippen molar-refractivity contribution >= 4 is 27.5 Å². The molecule has 0 bridgehead atoms. The van der Waals surface area contributed by atoms with E-state index in [0.717, 1.165) is 11.1 Å². The molecule has 0 spiro atoms. The lowest BCUT2D eigenvalue weighted by molar-refractivity contribution is 0.0936. The number of carbonyl (C=O) groups excluding carboxylic acids is 1. The number of aryl methyl sites for hydroxylation is 3. The Bertz CT molecular complexity index is 1300. The molecule has 0 unspecified atom stereocenters. The number of nitrogens with one attached hydrogen (secondary N) is 1. The van der Waals surface area contributed by atoms with Crippen molar-refractivity contribution in [1.82, 2.24) is 25.0 Å². The third-order valence-corrected chi connectivity index (χ3v) is 6.10. The first kappa shape index (κ1) is 20.0. The van der Waals surface area contributed by atoms with Gasteiger partial charge < -0.3 is 9.84 Å². The Balaban J connectivity index is 1.58. The van der Waals surface area contributed by atoms with E-state index in [9.17, 15) is 9.59 Å². The van der Waals surface area contributed by atoms with E-state index < -0.39 is 6.04 Å². The van der Waals surface area contributed by atoms with E-state index in [1.54, 1.807) is 13.8 Å². The third-order valence-electron chi connectivity index (χ3n) is 4.90. The molecule has 1 amide bonds. The second-order valence-electron chi connectivity index (χ2n) is 7.09. The van der Waals surface area contributed by atoms with Crippen molar-refractivity contribution in [2.45, 2.75) is 40.3 Å². The molecule has 4 rings (SSSR count). The van der Waals surface area contributed by atoms with Crippen LogP contribution in [0.4, 0.5) is 0 Å². The molecule has 0 fully saturated rings. The van der Waals surface area contributed by atoms with Gasteiger partial charge in [0.25, 0.3) is 11.5 Å². The van der Waals surface area contributed by atoms with Crippen LogP contribution in [0.15, 0.2) is 39.9 Å². The smallest absolute Gasteiger partial charge is 0.262 e. The Morgan fingerprint density at radius 1 is 1.33 bits per heavy atom. The molecule has 0 aliphatic rings. The summed E-state index contributed by atoms with van der Waals surface area (Å²) in [5, 5.41) is 7.39. The second kappa shape index (κ2) is 7.83. The molecular formula is C21H21N5O3S. The van der Waals surface area contributed by atoms with Gasteiger partial charge in [-0.1, -0.05) is 28.9 Å². The molecular weight excluding hydrogens is 402 g/mol. The summed E-state index contributed by atoms with van der Waals surface area (Å²) in [6, 6.07) is 7.30. The number of benzene rings is 1. The zero-order chi connectivity index (χ0) is 21.4. The lowest BCUT2D eigenvalue weighted by Crippen LogP contribution is -2.26. The summed E-state index contributed by atoms with van der Waals surface area (Å²) in [4.78, 5) is 35.2. The number of carbonyl (C=O) groups is 1. The van der Waals surface area contributed by atoms with Crippen LogP contribution in [0.5, 0.6) is 0 Å². The van der Waals surface area contributed by atoms with Crippen LogP contribution in [-0.4, -0.2) is 25.6 Å². The van der Waals surface area contributed by atoms with Gasteiger partial charge in [0.1, 0.15) is 10.9 Å². The molecule has 1 atom stereocenters. The maximum absolute atomic E-state index is 12.9. The fourth-order valence-corrected chi connectivity index (χ4v) is 4.28. The number of fused-ring (bicyclic) bond motifs is 1. The number of thiophene rings is 1. The topological polar surface area (TPSA) is 103 Å². The molecule has 0 radical (unpaired) electrons. The number of amides is 1. The summed E-state index contributed by atoms with van der Waals surface area (Å²) < 4.78 is 6.88. The minimum atomic E-state index is -0.492. The molecule has 0 saturated carbocycles. The van der Waals surface area contributed by atoms with Gasteiger partial charge in [0.15, 0.2) is 0 Å². The summed E-state index contributed by atoms with van der Waals surface area (Å²) in [5.74, 6) is 0.475. The maximum Gasteiger partial charge on any atom is 0.262 e. The van der Waals surface area contributed by atoms with Gasteiger partial charge in [0.05, 0.1) is 16.6 Å². The van der Waals surface area contributed by atoms with Crippen LogP contribution < -0.4 is 10.9 Å². The normalized spacial score (nSPS) is 12.3. The maximum atomic E-state index is 12.9. The van der Waals surface area contributed by atoms with Crippen LogP contribution >= 0.6 is 11.3 Å².